The molecule has 1 aliphatic rings. The summed E-state index contributed by atoms with van der Waals surface area (Å²) in [5.41, 5.74) is 10.0. The van der Waals surface area contributed by atoms with E-state index in [0.717, 1.165) is 43.1 Å². The molecule has 2 atom stereocenters. The Balaban J connectivity index is 1.61. The Morgan fingerprint density at radius 1 is 1.04 bits per heavy atom. The number of anilines is 1. The van der Waals surface area contributed by atoms with Gasteiger partial charge >= 0.3 is 0 Å². The first-order valence-electron chi connectivity index (χ1n) is 9.09. The van der Waals surface area contributed by atoms with Crippen molar-refractivity contribution in [3.05, 3.63) is 65.2 Å². The summed E-state index contributed by atoms with van der Waals surface area (Å²) in [7, 11) is 0. The minimum absolute atomic E-state index is 0.206. The molecule has 5 nitrogen and oxygen atoms in total. The molecule has 0 aliphatic carbocycles. The third-order valence-electron chi connectivity index (χ3n) is 4.97. The van der Waals surface area contributed by atoms with E-state index in [2.05, 4.69) is 29.3 Å². The number of hydrogen-bond acceptors (Lipinski definition) is 4. The normalized spacial score (nSPS) is 17.5. The molecule has 2 unspecified atom stereocenters. The molecule has 2 aromatic rings. The maximum absolute atomic E-state index is 12.4. The van der Waals surface area contributed by atoms with Gasteiger partial charge in [-0.1, -0.05) is 42.0 Å². The Hall–Kier alpha value is -2.21. The van der Waals surface area contributed by atoms with Gasteiger partial charge in [-0.15, -0.1) is 0 Å². The molecule has 0 radical (unpaired) electrons. The molecule has 0 spiro atoms. The highest BCUT2D eigenvalue weighted by Gasteiger charge is 2.19. The van der Waals surface area contributed by atoms with Crippen LogP contribution in [0.25, 0.3) is 0 Å². The van der Waals surface area contributed by atoms with Crippen molar-refractivity contribution in [1.82, 2.24) is 4.90 Å². The number of nitrogens with one attached hydrogen (secondary N) is 1. The van der Waals surface area contributed by atoms with E-state index in [1.54, 1.807) is 0 Å². The fourth-order valence-electron chi connectivity index (χ4n) is 3.17. The standard InChI is InChI=1S/C21H27N3O2/c1-15-3-5-18(6-4-15)20(22)21(25)23-19-9-7-17(8-10-19)16(2)24-11-13-26-14-12-24/h3-10,16,20H,11-14,22H2,1-2H3,(H,23,25). The van der Waals surface area contributed by atoms with Gasteiger partial charge in [-0.2, -0.15) is 0 Å². The topological polar surface area (TPSA) is 67.6 Å². The average Bonchev–Trinajstić information content (AvgIpc) is 2.68. The van der Waals surface area contributed by atoms with E-state index in [4.69, 9.17) is 10.5 Å². The molecule has 1 amide bonds. The van der Waals surface area contributed by atoms with E-state index in [9.17, 15) is 4.79 Å². The molecule has 0 aromatic heterocycles. The Morgan fingerprint density at radius 2 is 1.62 bits per heavy atom. The number of ether oxygens (including phenoxy) is 1. The first kappa shape index (κ1) is 18.6. The summed E-state index contributed by atoms with van der Waals surface area (Å²) in [5, 5.41) is 2.90. The number of nitrogens with two attached hydrogens (primary N) is 1. The van der Waals surface area contributed by atoms with Crippen molar-refractivity contribution < 1.29 is 9.53 Å². The minimum Gasteiger partial charge on any atom is -0.379 e. The van der Waals surface area contributed by atoms with E-state index in [-0.39, 0.29) is 5.91 Å². The van der Waals surface area contributed by atoms with Crippen LogP contribution in [0, 0.1) is 6.92 Å². The highest BCUT2D eigenvalue weighted by Crippen LogP contribution is 2.23. The fraction of sp³-hybridized carbons (Fsp3) is 0.381. The van der Waals surface area contributed by atoms with Gasteiger partial charge in [-0.25, -0.2) is 0 Å². The maximum Gasteiger partial charge on any atom is 0.245 e. The molecule has 1 heterocycles. The average molecular weight is 353 g/mol. The van der Waals surface area contributed by atoms with Crippen LogP contribution < -0.4 is 11.1 Å². The van der Waals surface area contributed by atoms with Gasteiger partial charge in [0.2, 0.25) is 5.91 Å². The van der Waals surface area contributed by atoms with E-state index in [1.807, 2.05) is 43.3 Å². The van der Waals surface area contributed by atoms with E-state index in [1.165, 1.54) is 5.56 Å². The van der Waals surface area contributed by atoms with Crippen LogP contribution in [0.2, 0.25) is 0 Å². The van der Waals surface area contributed by atoms with Crippen LogP contribution in [-0.4, -0.2) is 37.1 Å². The van der Waals surface area contributed by atoms with Gasteiger partial charge in [0.15, 0.2) is 0 Å². The summed E-state index contributed by atoms with van der Waals surface area (Å²) in [6.45, 7) is 7.68. The van der Waals surface area contributed by atoms with E-state index in [0.29, 0.717) is 6.04 Å². The quantitative estimate of drug-likeness (QED) is 0.867. The first-order valence-corrected chi connectivity index (χ1v) is 9.09. The van der Waals surface area contributed by atoms with Gasteiger partial charge in [-0.05, 0) is 37.1 Å². The number of carbonyl (C=O) groups is 1. The fourth-order valence-corrected chi connectivity index (χ4v) is 3.17. The third kappa shape index (κ3) is 4.49. The lowest BCUT2D eigenvalue weighted by atomic mass is 10.0. The highest BCUT2D eigenvalue weighted by atomic mass is 16.5. The summed E-state index contributed by atoms with van der Waals surface area (Å²) in [4.78, 5) is 14.8. The number of hydrogen-bond donors (Lipinski definition) is 2. The second kappa shape index (κ2) is 8.45. The Bertz CT molecular complexity index is 722. The molecule has 0 bridgehead atoms. The summed E-state index contributed by atoms with van der Waals surface area (Å²) in [5.74, 6) is -0.206. The predicted molar refractivity (Wildman–Crippen MR) is 104 cm³/mol. The second-order valence-corrected chi connectivity index (χ2v) is 6.82. The SMILES string of the molecule is Cc1ccc(C(N)C(=O)Nc2ccc(C(C)N3CCOCC3)cc2)cc1. The number of rotatable bonds is 5. The molecular formula is C21H27N3O2. The van der Waals surface area contributed by atoms with E-state index >= 15 is 0 Å². The molecular weight excluding hydrogens is 326 g/mol. The van der Waals surface area contributed by atoms with Crippen LogP contribution in [0.5, 0.6) is 0 Å². The highest BCUT2D eigenvalue weighted by molar-refractivity contribution is 5.95. The van der Waals surface area contributed by atoms with Crippen LogP contribution in [-0.2, 0) is 9.53 Å². The van der Waals surface area contributed by atoms with Gasteiger partial charge in [0, 0.05) is 24.8 Å². The first-order chi connectivity index (χ1) is 12.5. The number of benzene rings is 2. The zero-order valence-corrected chi connectivity index (χ0v) is 15.4. The lowest BCUT2D eigenvalue weighted by Gasteiger charge is -2.32. The van der Waals surface area contributed by atoms with Crippen LogP contribution >= 0.6 is 0 Å². The van der Waals surface area contributed by atoms with Gasteiger partial charge in [0.05, 0.1) is 13.2 Å². The molecule has 2 aromatic carbocycles. The van der Waals surface area contributed by atoms with Crippen molar-refractivity contribution in [2.45, 2.75) is 25.9 Å². The molecule has 0 saturated carbocycles. The van der Waals surface area contributed by atoms with Gasteiger partial charge in [-0.3, -0.25) is 9.69 Å². The summed E-state index contributed by atoms with van der Waals surface area (Å²) < 4.78 is 5.41. The van der Waals surface area contributed by atoms with E-state index < -0.39 is 6.04 Å². The Kier molecular flexibility index (Phi) is 6.04. The van der Waals surface area contributed by atoms with Gasteiger partial charge in [0.25, 0.3) is 0 Å². The zero-order chi connectivity index (χ0) is 18.5. The summed E-state index contributed by atoms with van der Waals surface area (Å²) >= 11 is 0. The lowest BCUT2D eigenvalue weighted by Crippen LogP contribution is -2.38. The lowest BCUT2D eigenvalue weighted by molar-refractivity contribution is -0.117. The molecule has 3 rings (SSSR count). The number of aryl methyl sites for hydroxylation is 1. The van der Waals surface area contributed by atoms with Crippen LogP contribution in [0.15, 0.2) is 48.5 Å². The number of amides is 1. The molecule has 3 N–H and O–H groups in total. The smallest absolute Gasteiger partial charge is 0.245 e. The van der Waals surface area contributed by atoms with Crippen molar-refractivity contribution in [2.24, 2.45) is 5.73 Å². The van der Waals surface area contributed by atoms with Crippen LogP contribution in [0.1, 0.15) is 35.7 Å². The summed E-state index contributed by atoms with van der Waals surface area (Å²) in [6, 6.07) is 15.4. The Labute approximate surface area is 155 Å². The monoisotopic (exact) mass is 353 g/mol. The predicted octanol–water partition coefficient (Wildman–Crippen LogP) is 3.03. The third-order valence-corrected chi connectivity index (χ3v) is 4.97. The minimum atomic E-state index is -0.678. The Morgan fingerprint density at radius 3 is 2.23 bits per heavy atom. The van der Waals surface area contributed by atoms with Crippen molar-refractivity contribution >= 4 is 11.6 Å². The van der Waals surface area contributed by atoms with Crippen molar-refractivity contribution in [3.8, 4) is 0 Å². The maximum atomic E-state index is 12.4. The van der Waals surface area contributed by atoms with Crippen molar-refractivity contribution in [3.63, 3.8) is 0 Å². The van der Waals surface area contributed by atoms with Crippen LogP contribution in [0.3, 0.4) is 0 Å². The van der Waals surface area contributed by atoms with Gasteiger partial charge < -0.3 is 15.8 Å². The molecule has 5 heteroatoms. The molecule has 26 heavy (non-hydrogen) atoms. The van der Waals surface area contributed by atoms with Crippen molar-refractivity contribution in [1.29, 1.82) is 0 Å². The molecule has 1 saturated heterocycles. The molecule has 1 fully saturated rings. The largest absolute Gasteiger partial charge is 0.379 e. The van der Waals surface area contributed by atoms with Crippen molar-refractivity contribution in [2.75, 3.05) is 31.6 Å². The number of carbonyl (C=O) groups excluding carboxylic acids is 1. The van der Waals surface area contributed by atoms with Crippen LogP contribution in [0.4, 0.5) is 5.69 Å². The molecule has 138 valence electrons. The van der Waals surface area contributed by atoms with Gasteiger partial charge in [0.1, 0.15) is 6.04 Å². The zero-order valence-electron chi connectivity index (χ0n) is 15.4. The second-order valence-electron chi connectivity index (χ2n) is 6.82. The number of nitrogens with zero attached hydrogens (tertiary/aromatic N) is 1. The number of morpholine rings is 1. The summed E-state index contributed by atoms with van der Waals surface area (Å²) in [6.07, 6.45) is 0. The molecule has 1 aliphatic heterocycles.